The van der Waals surface area contributed by atoms with Gasteiger partial charge in [0.25, 0.3) is 0 Å². The molecule has 0 amide bonds. The molecule has 6 aromatic carbocycles. The van der Waals surface area contributed by atoms with E-state index in [1.54, 1.807) is 11.3 Å². The summed E-state index contributed by atoms with van der Waals surface area (Å²) in [5, 5.41) is 5.82. The summed E-state index contributed by atoms with van der Waals surface area (Å²) in [4.78, 5) is 7.59. The highest BCUT2D eigenvalue weighted by Gasteiger charge is 2.23. The molecule has 1 nitrogen and oxygen atoms in total. The van der Waals surface area contributed by atoms with Crippen LogP contribution in [0.25, 0.3) is 40.3 Å². The van der Waals surface area contributed by atoms with Gasteiger partial charge < -0.3 is 4.90 Å². The van der Waals surface area contributed by atoms with Gasteiger partial charge in [0, 0.05) is 76.3 Å². The van der Waals surface area contributed by atoms with Crippen LogP contribution in [0.5, 0.6) is 0 Å². The van der Waals surface area contributed by atoms with E-state index in [2.05, 4.69) is 126 Å². The highest BCUT2D eigenvalue weighted by atomic mass is 35.5. The number of nitrogens with zero attached hydrogens (tertiary/aromatic N) is 1. The van der Waals surface area contributed by atoms with Crippen molar-refractivity contribution in [3.05, 3.63) is 126 Å². The van der Waals surface area contributed by atoms with Gasteiger partial charge >= 0.3 is 0 Å². The van der Waals surface area contributed by atoms with E-state index < -0.39 is 0 Å². The Morgan fingerprint density at radius 1 is 0.452 bits per heavy atom. The Morgan fingerprint density at radius 2 is 1.05 bits per heavy atom. The number of rotatable bonds is 3. The molecule has 42 heavy (non-hydrogen) atoms. The quantitative estimate of drug-likeness (QED) is 0.191. The fourth-order valence-corrected chi connectivity index (χ4v) is 10.7. The maximum absolute atomic E-state index is 6.87. The molecule has 0 fully saturated rings. The molecule has 1 aliphatic rings. The summed E-state index contributed by atoms with van der Waals surface area (Å²) in [6.07, 6.45) is 0. The topological polar surface area (TPSA) is 3.24 Å². The monoisotopic (exact) mass is 629 g/mol. The van der Waals surface area contributed by atoms with Crippen LogP contribution in [0.1, 0.15) is 0 Å². The Balaban J connectivity index is 1.32. The van der Waals surface area contributed by atoms with Gasteiger partial charge in [-0.15, -0.1) is 22.7 Å². The summed E-state index contributed by atoms with van der Waals surface area (Å²) in [6.45, 7) is 0. The van der Waals surface area contributed by atoms with Gasteiger partial charge in [0.05, 0.1) is 5.69 Å². The Bertz CT molecular complexity index is 2350. The molecule has 9 rings (SSSR count). The predicted molar refractivity (Wildman–Crippen MR) is 187 cm³/mol. The van der Waals surface area contributed by atoms with Crippen molar-refractivity contribution in [3.8, 4) is 0 Å². The van der Waals surface area contributed by atoms with Crippen LogP contribution >= 0.6 is 57.8 Å². The third kappa shape index (κ3) is 3.99. The molecule has 0 radical (unpaired) electrons. The lowest BCUT2D eigenvalue weighted by Gasteiger charge is -2.28. The normalized spacial score (nSPS) is 12.7. The number of thiophene rings is 2. The lowest BCUT2D eigenvalue weighted by atomic mass is 10.1. The minimum atomic E-state index is 0.743. The number of benzene rings is 6. The zero-order chi connectivity index (χ0) is 27.8. The van der Waals surface area contributed by atoms with Crippen LogP contribution in [0.15, 0.2) is 141 Å². The third-order valence-electron chi connectivity index (χ3n) is 7.76. The summed E-state index contributed by atoms with van der Waals surface area (Å²) >= 11 is 14.2. The van der Waals surface area contributed by atoms with Crippen molar-refractivity contribution >= 4 is 115 Å². The smallest absolute Gasteiger partial charge is 0.0569 e. The van der Waals surface area contributed by atoms with Crippen LogP contribution in [-0.2, 0) is 0 Å². The van der Waals surface area contributed by atoms with Gasteiger partial charge in [0.1, 0.15) is 0 Å². The van der Waals surface area contributed by atoms with E-state index in [4.69, 9.17) is 11.6 Å². The van der Waals surface area contributed by atoms with Crippen LogP contribution in [-0.4, -0.2) is 0 Å². The molecule has 200 valence electrons. The first-order valence-electron chi connectivity index (χ1n) is 13.6. The van der Waals surface area contributed by atoms with Crippen molar-refractivity contribution < 1.29 is 0 Å². The Hall–Kier alpha value is -3.45. The highest BCUT2D eigenvalue weighted by Crippen LogP contribution is 2.52. The Labute approximate surface area is 264 Å². The van der Waals surface area contributed by atoms with Crippen molar-refractivity contribution in [1.29, 1.82) is 0 Å². The molecule has 0 N–H and O–H groups in total. The molecule has 0 spiro atoms. The highest BCUT2D eigenvalue weighted by molar-refractivity contribution is 8.05. The van der Waals surface area contributed by atoms with E-state index in [0.717, 1.165) is 22.1 Å². The SMILES string of the molecule is Clc1cc(N(c2ccc3c(c2)Sc2ccccc2S3)c2ccc3sc4ccccc4c3c2)c2c(c1)sc1ccccc12. The summed E-state index contributed by atoms with van der Waals surface area (Å²) in [6, 6.07) is 44.1. The van der Waals surface area contributed by atoms with Crippen molar-refractivity contribution in [1.82, 2.24) is 0 Å². The molecule has 6 heteroatoms. The average molecular weight is 630 g/mol. The molecule has 2 aromatic heterocycles. The van der Waals surface area contributed by atoms with Crippen molar-refractivity contribution in [3.63, 3.8) is 0 Å². The standard InChI is InChI=1S/C36H20ClNS4/c37-21-17-27(36-25-8-2-4-10-29(25)40-35(36)18-21)38(22-13-15-30-26(19-22)24-7-1-3-9-28(24)39-30)23-14-16-33-34(20-23)42-32-12-6-5-11-31(32)41-33/h1-20H. The zero-order valence-electron chi connectivity index (χ0n) is 22.0. The number of hydrogen-bond donors (Lipinski definition) is 0. The van der Waals surface area contributed by atoms with Crippen LogP contribution < -0.4 is 4.90 Å². The molecule has 1 aliphatic heterocycles. The first-order chi connectivity index (χ1) is 20.7. The molecule has 0 saturated heterocycles. The molecule has 0 unspecified atom stereocenters. The van der Waals surface area contributed by atoms with E-state index in [9.17, 15) is 0 Å². The fourth-order valence-electron chi connectivity index (χ4n) is 5.91. The van der Waals surface area contributed by atoms with Gasteiger partial charge in [-0.05, 0) is 72.8 Å². The number of fused-ring (bicyclic) bond motifs is 8. The molecule has 0 atom stereocenters. The van der Waals surface area contributed by atoms with E-state index in [1.807, 2.05) is 34.9 Å². The Morgan fingerprint density at radius 3 is 1.88 bits per heavy atom. The zero-order valence-corrected chi connectivity index (χ0v) is 26.0. The van der Waals surface area contributed by atoms with Gasteiger partial charge in [-0.3, -0.25) is 0 Å². The van der Waals surface area contributed by atoms with E-state index in [-0.39, 0.29) is 0 Å². The minimum absolute atomic E-state index is 0.743. The van der Waals surface area contributed by atoms with E-state index in [1.165, 1.54) is 59.9 Å². The predicted octanol–water partition coefficient (Wildman–Crippen LogP) is 13.2. The van der Waals surface area contributed by atoms with Crippen LogP contribution in [0, 0.1) is 0 Å². The number of halogens is 1. The number of anilines is 3. The van der Waals surface area contributed by atoms with Gasteiger partial charge in [0.15, 0.2) is 0 Å². The lowest BCUT2D eigenvalue weighted by molar-refractivity contribution is 1.14. The van der Waals surface area contributed by atoms with Crippen molar-refractivity contribution in [2.75, 3.05) is 4.90 Å². The second kappa shape index (κ2) is 9.80. The second-order valence-electron chi connectivity index (χ2n) is 10.3. The lowest BCUT2D eigenvalue weighted by Crippen LogP contribution is -2.11. The van der Waals surface area contributed by atoms with Crippen molar-refractivity contribution in [2.24, 2.45) is 0 Å². The van der Waals surface area contributed by atoms with Gasteiger partial charge in [0.2, 0.25) is 0 Å². The molecule has 3 heterocycles. The minimum Gasteiger partial charge on any atom is -0.310 e. The van der Waals surface area contributed by atoms with E-state index >= 15 is 0 Å². The maximum atomic E-state index is 6.87. The molecular formula is C36H20ClNS4. The van der Waals surface area contributed by atoms with E-state index in [0.29, 0.717) is 0 Å². The molecule has 0 aliphatic carbocycles. The first-order valence-corrected chi connectivity index (χ1v) is 17.2. The molecular weight excluding hydrogens is 610 g/mol. The van der Waals surface area contributed by atoms with Crippen molar-refractivity contribution in [2.45, 2.75) is 19.6 Å². The van der Waals surface area contributed by atoms with Crippen LogP contribution in [0.2, 0.25) is 5.02 Å². The van der Waals surface area contributed by atoms with Gasteiger partial charge in [-0.1, -0.05) is 83.7 Å². The first kappa shape index (κ1) is 25.1. The molecule has 0 saturated carbocycles. The largest absolute Gasteiger partial charge is 0.310 e. The third-order valence-corrected chi connectivity index (χ3v) is 12.8. The maximum Gasteiger partial charge on any atom is 0.0569 e. The summed E-state index contributed by atoms with van der Waals surface area (Å²) < 4.78 is 5.07. The second-order valence-corrected chi connectivity index (χ2v) is 15.1. The Kier molecular flexibility index (Phi) is 5.85. The van der Waals surface area contributed by atoms with Gasteiger partial charge in [-0.25, -0.2) is 0 Å². The summed E-state index contributed by atoms with van der Waals surface area (Å²) in [5.74, 6) is 0. The average Bonchev–Trinajstić information content (AvgIpc) is 3.58. The summed E-state index contributed by atoms with van der Waals surface area (Å²) in [5.41, 5.74) is 3.35. The summed E-state index contributed by atoms with van der Waals surface area (Å²) in [7, 11) is 0. The fraction of sp³-hybridized carbons (Fsp3) is 0. The van der Waals surface area contributed by atoms with Crippen LogP contribution in [0.4, 0.5) is 17.1 Å². The number of hydrogen-bond acceptors (Lipinski definition) is 5. The molecule has 8 aromatic rings. The van der Waals surface area contributed by atoms with Crippen LogP contribution in [0.3, 0.4) is 0 Å². The molecule has 0 bridgehead atoms. The van der Waals surface area contributed by atoms with Gasteiger partial charge in [-0.2, -0.15) is 0 Å².